The molecule has 94 valence electrons. The summed E-state index contributed by atoms with van der Waals surface area (Å²) >= 11 is 0. The number of aromatic nitrogens is 2. The molecule has 0 unspecified atom stereocenters. The van der Waals surface area contributed by atoms with Crippen molar-refractivity contribution in [2.45, 2.75) is 13.5 Å². The van der Waals surface area contributed by atoms with Gasteiger partial charge in [-0.05, 0) is 19.1 Å². The minimum absolute atomic E-state index is 0.0961. The van der Waals surface area contributed by atoms with E-state index in [0.717, 1.165) is 17.8 Å². The molecule has 0 amide bonds. The van der Waals surface area contributed by atoms with E-state index in [2.05, 4.69) is 10.4 Å². The molecular weight excluding hydrogens is 232 g/mol. The monoisotopic (exact) mass is 246 g/mol. The van der Waals surface area contributed by atoms with Gasteiger partial charge in [0.2, 0.25) is 0 Å². The number of non-ortho nitro benzene ring substituents is 1. The molecule has 2 aromatic rings. The van der Waals surface area contributed by atoms with E-state index in [1.54, 1.807) is 23.0 Å². The van der Waals surface area contributed by atoms with Gasteiger partial charge in [0.05, 0.1) is 11.5 Å². The van der Waals surface area contributed by atoms with Crippen LogP contribution in [0.5, 0.6) is 0 Å². The van der Waals surface area contributed by atoms with Crippen LogP contribution < -0.4 is 5.32 Å². The Bertz CT molecular complexity index is 537. The van der Waals surface area contributed by atoms with E-state index in [9.17, 15) is 10.1 Å². The fourth-order valence-corrected chi connectivity index (χ4v) is 1.76. The van der Waals surface area contributed by atoms with Crippen LogP contribution in [0.2, 0.25) is 0 Å². The van der Waals surface area contributed by atoms with Crippen molar-refractivity contribution in [1.29, 1.82) is 0 Å². The first-order chi connectivity index (χ1) is 8.70. The lowest BCUT2D eigenvalue weighted by Crippen LogP contribution is -2.06. The molecule has 0 saturated carbocycles. The molecule has 18 heavy (non-hydrogen) atoms. The lowest BCUT2D eigenvalue weighted by molar-refractivity contribution is -0.384. The van der Waals surface area contributed by atoms with Gasteiger partial charge in [0.25, 0.3) is 5.69 Å². The average molecular weight is 246 g/mol. The van der Waals surface area contributed by atoms with E-state index in [0.29, 0.717) is 6.54 Å². The number of benzene rings is 1. The third-order valence-corrected chi connectivity index (χ3v) is 2.56. The van der Waals surface area contributed by atoms with Crippen molar-refractivity contribution in [1.82, 2.24) is 9.78 Å². The quantitative estimate of drug-likeness (QED) is 0.648. The smallest absolute Gasteiger partial charge is 0.269 e. The molecule has 1 N–H and O–H groups in total. The second-order valence-electron chi connectivity index (χ2n) is 3.83. The van der Waals surface area contributed by atoms with E-state index in [4.69, 9.17) is 0 Å². The van der Waals surface area contributed by atoms with Crippen molar-refractivity contribution in [3.05, 3.63) is 52.3 Å². The summed E-state index contributed by atoms with van der Waals surface area (Å²) < 4.78 is 1.74. The second kappa shape index (κ2) is 5.31. The Morgan fingerprint density at radius 2 is 2.33 bits per heavy atom. The number of hydrogen-bond acceptors (Lipinski definition) is 4. The highest BCUT2D eigenvalue weighted by Crippen LogP contribution is 2.22. The predicted molar refractivity (Wildman–Crippen MR) is 68.6 cm³/mol. The number of nitro benzene ring substituents is 1. The van der Waals surface area contributed by atoms with Crippen LogP contribution in [0.25, 0.3) is 0 Å². The number of rotatable bonds is 5. The third-order valence-electron chi connectivity index (χ3n) is 2.56. The molecule has 0 saturated heterocycles. The van der Waals surface area contributed by atoms with Crippen LogP contribution in [0.3, 0.4) is 0 Å². The van der Waals surface area contributed by atoms with Gasteiger partial charge in [-0.1, -0.05) is 0 Å². The summed E-state index contributed by atoms with van der Waals surface area (Å²) in [6, 6.07) is 6.65. The molecule has 2 rings (SSSR count). The Morgan fingerprint density at radius 1 is 1.50 bits per heavy atom. The zero-order valence-corrected chi connectivity index (χ0v) is 10.0. The average Bonchev–Trinajstić information content (AvgIpc) is 2.84. The molecule has 1 aromatic heterocycles. The van der Waals surface area contributed by atoms with Gasteiger partial charge in [-0.15, -0.1) is 0 Å². The Morgan fingerprint density at radius 3 is 2.94 bits per heavy atom. The molecule has 0 aliphatic heterocycles. The number of anilines is 1. The van der Waals surface area contributed by atoms with Gasteiger partial charge in [0.15, 0.2) is 0 Å². The Kier molecular flexibility index (Phi) is 3.57. The summed E-state index contributed by atoms with van der Waals surface area (Å²) in [5, 5.41) is 18.1. The summed E-state index contributed by atoms with van der Waals surface area (Å²) in [5.74, 6) is 0. The van der Waals surface area contributed by atoms with E-state index in [1.807, 2.05) is 19.2 Å². The molecule has 0 radical (unpaired) electrons. The third kappa shape index (κ3) is 2.65. The van der Waals surface area contributed by atoms with Crippen molar-refractivity contribution < 1.29 is 4.92 Å². The van der Waals surface area contributed by atoms with Crippen molar-refractivity contribution in [3.63, 3.8) is 0 Å². The van der Waals surface area contributed by atoms with Crippen LogP contribution in [0.1, 0.15) is 12.5 Å². The maximum Gasteiger partial charge on any atom is 0.269 e. The first-order valence-electron chi connectivity index (χ1n) is 5.69. The molecule has 6 nitrogen and oxygen atoms in total. The topological polar surface area (TPSA) is 73.0 Å². The highest BCUT2D eigenvalue weighted by atomic mass is 16.6. The normalized spacial score (nSPS) is 10.3. The van der Waals surface area contributed by atoms with Gasteiger partial charge in [0, 0.05) is 42.3 Å². The van der Waals surface area contributed by atoms with Crippen LogP contribution in [-0.2, 0) is 6.54 Å². The van der Waals surface area contributed by atoms with Gasteiger partial charge in [-0.25, -0.2) is 0 Å². The number of hydrogen-bond donors (Lipinski definition) is 1. The number of nitrogens with one attached hydrogen (secondary N) is 1. The molecule has 0 bridgehead atoms. The number of nitrogens with zero attached hydrogens (tertiary/aromatic N) is 3. The molecule has 0 atom stereocenters. The molecular formula is C12H14N4O2. The molecule has 1 heterocycles. The van der Waals surface area contributed by atoms with Crippen LogP contribution in [0.15, 0.2) is 36.7 Å². The lowest BCUT2D eigenvalue weighted by Gasteiger charge is -2.10. The van der Waals surface area contributed by atoms with E-state index < -0.39 is 0 Å². The van der Waals surface area contributed by atoms with Crippen molar-refractivity contribution in [3.8, 4) is 0 Å². The SMILES string of the molecule is CCNc1ccc([N+](=O)[O-])cc1Cn1cccn1. The van der Waals surface area contributed by atoms with Gasteiger partial charge in [-0.2, -0.15) is 5.10 Å². The van der Waals surface area contributed by atoms with Crippen LogP contribution in [-0.4, -0.2) is 21.2 Å². The molecule has 0 fully saturated rings. The van der Waals surface area contributed by atoms with Gasteiger partial charge in [0.1, 0.15) is 0 Å². The second-order valence-corrected chi connectivity index (χ2v) is 3.83. The fraction of sp³-hybridized carbons (Fsp3) is 0.250. The maximum atomic E-state index is 10.8. The first kappa shape index (κ1) is 12.1. The molecule has 1 aromatic carbocycles. The largest absolute Gasteiger partial charge is 0.385 e. The standard InChI is InChI=1S/C12H14N4O2/c1-2-13-12-5-4-11(16(17)18)8-10(12)9-15-7-3-6-14-15/h3-8,13H,2,9H2,1H3. The molecule has 6 heteroatoms. The summed E-state index contributed by atoms with van der Waals surface area (Å²) in [4.78, 5) is 10.4. The minimum Gasteiger partial charge on any atom is -0.385 e. The van der Waals surface area contributed by atoms with Gasteiger partial charge < -0.3 is 5.32 Å². The minimum atomic E-state index is -0.387. The number of nitro groups is 1. The van der Waals surface area contributed by atoms with Crippen molar-refractivity contribution in [2.75, 3.05) is 11.9 Å². The fourth-order valence-electron chi connectivity index (χ4n) is 1.76. The van der Waals surface area contributed by atoms with E-state index >= 15 is 0 Å². The van der Waals surface area contributed by atoms with E-state index in [-0.39, 0.29) is 10.6 Å². The first-order valence-corrected chi connectivity index (χ1v) is 5.69. The van der Waals surface area contributed by atoms with E-state index in [1.165, 1.54) is 6.07 Å². The Labute approximate surface area is 104 Å². The summed E-state index contributed by atoms with van der Waals surface area (Å²) in [6.07, 6.45) is 3.51. The van der Waals surface area contributed by atoms with Crippen LogP contribution in [0, 0.1) is 10.1 Å². The lowest BCUT2D eigenvalue weighted by atomic mass is 10.1. The van der Waals surface area contributed by atoms with Crippen molar-refractivity contribution in [2.24, 2.45) is 0 Å². The summed E-state index contributed by atoms with van der Waals surface area (Å²) in [6.45, 7) is 3.26. The van der Waals surface area contributed by atoms with Gasteiger partial charge in [-0.3, -0.25) is 14.8 Å². The molecule has 0 spiro atoms. The maximum absolute atomic E-state index is 10.8. The molecule has 0 aliphatic rings. The Hall–Kier alpha value is -2.37. The zero-order chi connectivity index (χ0) is 13.0. The van der Waals surface area contributed by atoms with Crippen molar-refractivity contribution >= 4 is 11.4 Å². The molecule has 0 aliphatic carbocycles. The van der Waals surface area contributed by atoms with Gasteiger partial charge >= 0.3 is 0 Å². The summed E-state index contributed by atoms with van der Waals surface area (Å²) in [7, 11) is 0. The Balaban J connectivity index is 2.34. The van der Waals surface area contributed by atoms with Crippen LogP contribution in [0.4, 0.5) is 11.4 Å². The zero-order valence-electron chi connectivity index (χ0n) is 10.0. The summed E-state index contributed by atoms with van der Waals surface area (Å²) in [5.41, 5.74) is 1.85. The highest BCUT2D eigenvalue weighted by molar-refractivity contribution is 5.56. The predicted octanol–water partition coefficient (Wildman–Crippen LogP) is 2.27. The highest BCUT2D eigenvalue weighted by Gasteiger charge is 2.10. The van der Waals surface area contributed by atoms with Crippen LogP contribution >= 0.6 is 0 Å².